The normalized spacial score (nSPS) is 13.0. The SMILES string of the molecule is CCS(=O)(=O)NC(=O)c1ccc2c(Oc3ccc(C[C@@H](CO)N(Cc4ccccc4)C[C@@H](O)c4cccc(Cl)c4)cc3)ccnc2c1. The Morgan fingerprint density at radius 2 is 1.72 bits per heavy atom. The predicted molar refractivity (Wildman–Crippen MR) is 183 cm³/mol. The summed E-state index contributed by atoms with van der Waals surface area (Å²) < 4.78 is 31.9. The Kier molecular flexibility index (Phi) is 11.2. The number of rotatable bonds is 14. The molecule has 0 radical (unpaired) electrons. The molecule has 4 aromatic carbocycles. The third-order valence-electron chi connectivity index (χ3n) is 7.81. The standard InChI is InChI=1S/C36H36ClN3O6S/c1-2-47(44,45)39-36(43)28-13-16-32-33(21-28)38-18-17-35(32)46-31-14-11-25(12-15-31)19-30(24-41)40(22-26-7-4-3-5-8-26)23-34(42)27-9-6-10-29(37)20-27/h3-18,20-21,30,34,41-42H,2,19,22-24H2,1H3,(H,39,43)/t30-,34+/m0/s1. The maximum Gasteiger partial charge on any atom is 0.264 e. The van der Waals surface area contributed by atoms with Crippen LogP contribution in [-0.4, -0.2) is 59.4 Å². The summed E-state index contributed by atoms with van der Waals surface area (Å²) in [6.45, 7) is 2.18. The molecule has 1 amide bonds. The van der Waals surface area contributed by atoms with Crippen LogP contribution in [0.1, 0.15) is 40.1 Å². The van der Waals surface area contributed by atoms with Gasteiger partial charge in [-0.25, -0.2) is 13.1 Å². The van der Waals surface area contributed by atoms with Crippen molar-refractivity contribution in [2.75, 3.05) is 18.9 Å². The number of nitrogens with zero attached hydrogens (tertiary/aromatic N) is 2. The maximum absolute atomic E-state index is 12.4. The summed E-state index contributed by atoms with van der Waals surface area (Å²) in [5.41, 5.74) is 3.40. The van der Waals surface area contributed by atoms with Gasteiger partial charge in [0, 0.05) is 41.3 Å². The number of benzene rings is 4. The summed E-state index contributed by atoms with van der Waals surface area (Å²) in [5.74, 6) is 0.171. The first-order valence-electron chi connectivity index (χ1n) is 15.2. The Morgan fingerprint density at radius 3 is 2.43 bits per heavy atom. The highest BCUT2D eigenvalue weighted by Crippen LogP contribution is 2.30. The molecule has 0 aliphatic heterocycles. The molecule has 0 fully saturated rings. The summed E-state index contributed by atoms with van der Waals surface area (Å²) in [5, 5.41) is 22.8. The molecule has 47 heavy (non-hydrogen) atoms. The zero-order chi connectivity index (χ0) is 33.4. The average Bonchev–Trinajstić information content (AvgIpc) is 3.08. The molecule has 0 saturated carbocycles. The number of hydrogen-bond acceptors (Lipinski definition) is 8. The lowest BCUT2D eigenvalue weighted by molar-refractivity contribution is 0.0566. The van der Waals surface area contributed by atoms with Gasteiger partial charge in [-0.05, 0) is 78.6 Å². The van der Waals surface area contributed by atoms with Crippen molar-refractivity contribution < 1.29 is 28.2 Å². The zero-order valence-corrected chi connectivity index (χ0v) is 27.4. The van der Waals surface area contributed by atoms with Gasteiger partial charge in [0.2, 0.25) is 10.0 Å². The van der Waals surface area contributed by atoms with Crippen LogP contribution < -0.4 is 9.46 Å². The smallest absolute Gasteiger partial charge is 0.264 e. The molecule has 0 aliphatic carbocycles. The van der Waals surface area contributed by atoms with Crippen LogP contribution in [0.5, 0.6) is 11.5 Å². The second kappa shape index (κ2) is 15.5. The molecule has 1 aromatic heterocycles. The van der Waals surface area contributed by atoms with Crippen molar-refractivity contribution >= 4 is 38.4 Å². The van der Waals surface area contributed by atoms with E-state index in [1.165, 1.54) is 19.1 Å². The molecule has 2 atom stereocenters. The lowest BCUT2D eigenvalue weighted by atomic mass is 10.0. The third-order valence-corrected chi connectivity index (χ3v) is 9.30. The van der Waals surface area contributed by atoms with Crippen molar-refractivity contribution in [2.24, 2.45) is 0 Å². The van der Waals surface area contributed by atoms with Crippen molar-refractivity contribution in [2.45, 2.75) is 32.0 Å². The first-order valence-corrected chi connectivity index (χ1v) is 17.2. The Hall–Kier alpha value is -4.32. The minimum absolute atomic E-state index is 0.110. The van der Waals surface area contributed by atoms with Gasteiger partial charge in [0.25, 0.3) is 5.91 Å². The number of pyridine rings is 1. The van der Waals surface area contributed by atoms with Gasteiger partial charge in [0.05, 0.1) is 24.0 Å². The van der Waals surface area contributed by atoms with Crippen molar-refractivity contribution in [1.82, 2.24) is 14.6 Å². The monoisotopic (exact) mass is 673 g/mol. The average molecular weight is 674 g/mol. The topological polar surface area (TPSA) is 129 Å². The summed E-state index contributed by atoms with van der Waals surface area (Å²) in [6, 6.07) is 30.8. The fourth-order valence-electron chi connectivity index (χ4n) is 5.23. The van der Waals surface area contributed by atoms with E-state index in [-0.39, 0.29) is 24.0 Å². The number of amides is 1. The number of halogens is 1. The Labute approximate surface area is 279 Å². The van der Waals surface area contributed by atoms with E-state index in [1.54, 1.807) is 30.5 Å². The minimum Gasteiger partial charge on any atom is -0.457 e. The van der Waals surface area contributed by atoms with Crippen LogP contribution in [0.2, 0.25) is 5.02 Å². The van der Waals surface area contributed by atoms with Crippen molar-refractivity contribution in [1.29, 1.82) is 0 Å². The zero-order valence-electron chi connectivity index (χ0n) is 25.8. The van der Waals surface area contributed by atoms with Crippen LogP contribution in [0.3, 0.4) is 0 Å². The van der Waals surface area contributed by atoms with E-state index < -0.39 is 22.0 Å². The predicted octanol–water partition coefficient (Wildman–Crippen LogP) is 5.90. The molecule has 0 bridgehead atoms. The summed E-state index contributed by atoms with van der Waals surface area (Å²) in [6.07, 6.45) is 1.29. The number of carbonyl (C=O) groups excluding carboxylic acids is 1. The second-order valence-corrected chi connectivity index (χ2v) is 13.6. The van der Waals surface area contributed by atoms with Crippen molar-refractivity contribution in [3.05, 3.63) is 137 Å². The fraction of sp³-hybridized carbons (Fsp3) is 0.222. The number of hydrogen-bond donors (Lipinski definition) is 3. The fourth-order valence-corrected chi connectivity index (χ4v) is 5.97. The number of aliphatic hydroxyl groups is 2. The second-order valence-electron chi connectivity index (χ2n) is 11.1. The van der Waals surface area contributed by atoms with E-state index in [0.29, 0.717) is 52.5 Å². The molecule has 5 rings (SSSR count). The Bertz CT molecular complexity index is 1920. The highest BCUT2D eigenvalue weighted by molar-refractivity contribution is 7.90. The number of aliphatic hydroxyl groups excluding tert-OH is 2. The molecule has 0 spiro atoms. The van der Waals surface area contributed by atoms with Crippen LogP contribution >= 0.6 is 11.6 Å². The van der Waals surface area contributed by atoms with Gasteiger partial charge < -0.3 is 14.9 Å². The number of sulfonamides is 1. The van der Waals surface area contributed by atoms with E-state index in [2.05, 4.69) is 9.88 Å². The van der Waals surface area contributed by atoms with Crippen molar-refractivity contribution in [3.63, 3.8) is 0 Å². The lowest BCUT2D eigenvalue weighted by Crippen LogP contribution is -2.41. The van der Waals surface area contributed by atoms with E-state index in [9.17, 15) is 23.4 Å². The molecular weight excluding hydrogens is 638 g/mol. The van der Waals surface area contributed by atoms with Gasteiger partial charge in [0.15, 0.2) is 0 Å². The number of ether oxygens (including phenoxy) is 1. The van der Waals surface area contributed by atoms with Crippen LogP contribution in [0.4, 0.5) is 0 Å². The molecule has 5 aromatic rings. The molecule has 11 heteroatoms. The van der Waals surface area contributed by atoms with Crippen LogP contribution in [0.15, 0.2) is 109 Å². The molecule has 0 unspecified atom stereocenters. The van der Waals surface area contributed by atoms with E-state index in [1.807, 2.05) is 71.5 Å². The highest BCUT2D eigenvalue weighted by Gasteiger charge is 2.23. The van der Waals surface area contributed by atoms with Crippen LogP contribution in [-0.2, 0) is 23.0 Å². The lowest BCUT2D eigenvalue weighted by Gasteiger charge is -2.32. The minimum atomic E-state index is -3.70. The van der Waals surface area contributed by atoms with E-state index >= 15 is 0 Å². The maximum atomic E-state index is 12.4. The highest BCUT2D eigenvalue weighted by atomic mass is 35.5. The van der Waals surface area contributed by atoms with Crippen LogP contribution in [0, 0.1) is 0 Å². The molecule has 1 heterocycles. The Balaban J connectivity index is 1.30. The first-order chi connectivity index (χ1) is 22.6. The molecule has 0 saturated heterocycles. The number of nitrogens with one attached hydrogen (secondary N) is 1. The summed E-state index contributed by atoms with van der Waals surface area (Å²) in [4.78, 5) is 18.9. The van der Waals surface area contributed by atoms with Gasteiger partial charge in [-0.15, -0.1) is 0 Å². The summed E-state index contributed by atoms with van der Waals surface area (Å²) in [7, 11) is -3.70. The molecule has 9 nitrogen and oxygen atoms in total. The van der Waals surface area contributed by atoms with E-state index in [0.717, 1.165) is 11.1 Å². The largest absolute Gasteiger partial charge is 0.457 e. The molecular formula is C36H36ClN3O6S. The van der Waals surface area contributed by atoms with Gasteiger partial charge in [-0.1, -0.05) is 66.2 Å². The quantitative estimate of drug-likeness (QED) is 0.133. The molecule has 0 aliphatic rings. The number of fused-ring (bicyclic) bond motifs is 1. The van der Waals surface area contributed by atoms with Crippen LogP contribution in [0.25, 0.3) is 10.9 Å². The molecule has 3 N–H and O–H groups in total. The third kappa shape index (κ3) is 9.15. The number of carbonyl (C=O) groups is 1. The van der Waals surface area contributed by atoms with Gasteiger partial charge in [-0.2, -0.15) is 0 Å². The molecule has 244 valence electrons. The summed E-state index contributed by atoms with van der Waals surface area (Å²) >= 11 is 6.18. The van der Waals surface area contributed by atoms with Gasteiger partial charge >= 0.3 is 0 Å². The number of aromatic nitrogens is 1. The Morgan fingerprint density at radius 1 is 0.957 bits per heavy atom. The van der Waals surface area contributed by atoms with Gasteiger partial charge in [0.1, 0.15) is 11.5 Å². The van der Waals surface area contributed by atoms with Crippen molar-refractivity contribution in [3.8, 4) is 11.5 Å². The van der Waals surface area contributed by atoms with E-state index in [4.69, 9.17) is 16.3 Å². The van der Waals surface area contributed by atoms with Gasteiger partial charge in [-0.3, -0.25) is 14.7 Å². The first kappa shape index (κ1) is 34.0.